The number of anilines is 2. The van der Waals surface area contributed by atoms with E-state index in [9.17, 15) is 20.1 Å². The standard InChI is InChI=1S/C15H16N4O5/c16-12-4-2-1-3-11(12)15(20)7-8-17-13-6-5-10(18(21)22)9-14(13)19(23)24/h1-6,9,17-18,21H,7-8,16H2. The van der Waals surface area contributed by atoms with Crippen LogP contribution in [0.4, 0.5) is 22.7 Å². The van der Waals surface area contributed by atoms with Crippen LogP contribution in [0.3, 0.4) is 0 Å². The number of rotatable bonds is 7. The predicted octanol–water partition coefficient (Wildman–Crippen LogP) is 1.27. The van der Waals surface area contributed by atoms with Crippen LogP contribution < -0.4 is 16.3 Å². The fourth-order valence-electron chi connectivity index (χ4n) is 2.16. The molecule has 2 rings (SSSR count). The van der Waals surface area contributed by atoms with E-state index in [-0.39, 0.29) is 35.8 Å². The number of ketones is 1. The van der Waals surface area contributed by atoms with Gasteiger partial charge in [0.15, 0.2) is 11.5 Å². The van der Waals surface area contributed by atoms with E-state index in [2.05, 4.69) is 5.32 Å². The second kappa shape index (κ2) is 7.51. The van der Waals surface area contributed by atoms with E-state index in [0.717, 1.165) is 6.07 Å². The van der Waals surface area contributed by atoms with Crippen molar-refractivity contribution in [1.29, 1.82) is 0 Å². The summed E-state index contributed by atoms with van der Waals surface area (Å²) in [5, 5.41) is 32.3. The van der Waals surface area contributed by atoms with Gasteiger partial charge in [-0.1, -0.05) is 12.1 Å². The molecule has 9 heteroatoms. The molecule has 0 fully saturated rings. The van der Waals surface area contributed by atoms with Gasteiger partial charge in [-0.2, -0.15) is 5.23 Å². The van der Waals surface area contributed by atoms with E-state index in [0.29, 0.717) is 11.3 Å². The second-order valence-corrected chi connectivity index (χ2v) is 4.98. The van der Waals surface area contributed by atoms with Crippen molar-refractivity contribution >= 4 is 28.5 Å². The number of hydrogen-bond acceptors (Lipinski definition) is 7. The Morgan fingerprint density at radius 3 is 2.62 bits per heavy atom. The Balaban J connectivity index is 2.05. The number of nitrogens with zero attached hydrogens (tertiary/aromatic N) is 1. The van der Waals surface area contributed by atoms with Crippen LogP contribution in [0, 0.1) is 15.3 Å². The van der Waals surface area contributed by atoms with E-state index in [1.165, 1.54) is 12.1 Å². The van der Waals surface area contributed by atoms with Crippen LogP contribution in [-0.4, -0.2) is 22.5 Å². The van der Waals surface area contributed by atoms with Crippen LogP contribution in [0.5, 0.6) is 0 Å². The molecular formula is C15H16N4O5. The number of hydrogen-bond donors (Lipinski definition) is 4. The number of Topliss-reactive ketones (excluding diaryl/α,β-unsaturated/α-hetero) is 1. The lowest BCUT2D eigenvalue weighted by Crippen LogP contribution is -2.99. The predicted molar refractivity (Wildman–Crippen MR) is 87.2 cm³/mol. The van der Waals surface area contributed by atoms with Crippen molar-refractivity contribution in [2.45, 2.75) is 6.42 Å². The molecule has 0 radical (unpaired) electrons. The summed E-state index contributed by atoms with van der Waals surface area (Å²) in [6.07, 6.45) is 0.0893. The molecule has 0 aliphatic rings. The molecule has 0 heterocycles. The lowest BCUT2D eigenvalue weighted by atomic mass is 10.1. The highest BCUT2D eigenvalue weighted by Crippen LogP contribution is 2.26. The Morgan fingerprint density at radius 1 is 1.29 bits per heavy atom. The van der Waals surface area contributed by atoms with Crippen molar-refractivity contribution in [3.8, 4) is 0 Å². The third-order valence-electron chi connectivity index (χ3n) is 3.37. The zero-order chi connectivity index (χ0) is 17.7. The van der Waals surface area contributed by atoms with E-state index in [1.54, 1.807) is 24.3 Å². The summed E-state index contributed by atoms with van der Waals surface area (Å²) in [4.78, 5) is 22.5. The fraction of sp³-hybridized carbons (Fsp3) is 0.133. The van der Waals surface area contributed by atoms with Crippen LogP contribution in [-0.2, 0) is 0 Å². The highest BCUT2D eigenvalue weighted by atomic mass is 16.8. The highest BCUT2D eigenvalue weighted by Gasteiger charge is 2.17. The molecule has 0 bridgehead atoms. The second-order valence-electron chi connectivity index (χ2n) is 4.98. The molecule has 9 nitrogen and oxygen atoms in total. The first kappa shape index (κ1) is 17.3. The van der Waals surface area contributed by atoms with Crippen molar-refractivity contribution < 1.29 is 20.2 Å². The number of nitrogen functional groups attached to an aromatic ring is 1. The Kier molecular flexibility index (Phi) is 5.42. The van der Waals surface area contributed by atoms with Crippen molar-refractivity contribution in [2.24, 2.45) is 0 Å². The van der Waals surface area contributed by atoms with Gasteiger partial charge in [0.1, 0.15) is 5.69 Å². The van der Waals surface area contributed by atoms with Crippen LogP contribution in [0.15, 0.2) is 42.5 Å². The van der Waals surface area contributed by atoms with Crippen LogP contribution in [0.1, 0.15) is 16.8 Å². The van der Waals surface area contributed by atoms with E-state index in [1.807, 2.05) is 0 Å². The van der Waals surface area contributed by atoms with Crippen molar-refractivity contribution in [2.75, 3.05) is 17.6 Å². The number of carbonyl (C=O) groups excluding carboxylic acids is 1. The van der Waals surface area contributed by atoms with Gasteiger partial charge < -0.3 is 16.3 Å². The van der Waals surface area contributed by atoms with Gasteiger partial charge in [-0.3, -0.25) is 14.9 Å². The van der Waals surface area contributed by atoms with Gasteiger partial charge in [0.25, 0.3) is 5.69 Å². The number of nitrogens with one attached hydrogen (secondary N) is 2. The molecule has 5 N–H and O–H groups in total. The molecule has 126 valence electrons. The number of quaternary nitrogens is 1. The van der Waals surface area contributed by atoms with E-state index < -0.39 is 10.1 Å². The van der Waals surface area contributed by atoms with Crippen LogP contribution >= 0.6 is 0 Å². The van der Waals surface area contributed by atoms with Crippen molar-refractivity contribution in [1.82, 2.24) is 0 Å². The topological polar surface area (TPSA) is 146 Å². The summed E-state index contributed by atoms with van der Waals surface area (Å²) in [7, 11) is 0. The number of carbonyl (C=O) groups is 1. The molecule has 0 saturated carbocycles. The van der Waals surface area contributed by atoms with Gasteiger partial charge in [-0.05, 0) is 18.2 Å². The minimum absolute atomic E-state index is 0.0893. The average molecular weight is 332 g/mol. The third kappa shape index (κ3) is 4.04. The maximum atomic E-state index is 12.1. The Morgan fingerprint density at radius 2 is 2.00 bits per heavy atom. The van der Waals surface area contributed by atoms with Gasteiger partial charge in [-0.15, -0.1) is 0 Å². The normalized spacial score (nSPS) is 11.8. The summed E-state index contributed by atoms with van der Waals surface area (Å²) in [6.45, 7) is 0.153. The van der Waals surface area contributed by atoms with Gasteiger partial charge in [0.05, 0.1) is 11.0 Å². The van der Waals surface area contributed by atoms with Crippen molar-refractivity contribution in [3.63, 3.8) is 0 Å². The first-order valence-corrected chi connectivity index (χ1v) is 7.03. The highest BCUT2D eigenvalue weighted by molar-refractivity contribution is 6.00. The smallest absolute Gasteiger partial charge is 0.298 e. The molecule has 24 heavy (non-hydrogen) atoms. The Hall–Kier alpha value is -3.01. The largest absolute Gasteiger partial charge is 0.595 e. The summed E-state index contributed by atoms with van der Waals surface area (Å²) in [5.41, 5.74) is 6.11. The number of benzene rings is 2. The zero-order valence-corrected chi connectivity index (χ0v) is 12.6. The molecule has 2 aromatic carbocycles. The van der Waals surface area contributed by atoms with Gasteiger partial charge >= 0.3 is 0 Å². The summed E-state index contributed by atoms with van der Waals surface area (Å²) < 4.78 is 0. The molecule has 0 amide bonds. The number of nitrogens with two attached hydrogens (primary N) is 1. The maximum absolute atomic E-state index is 12.1. The van der Waals surface area contributed by atoms with Gasteiger partial charge in [0, 0.05) is 30.3 Å². The third-order valence-corrected chi connectivity index (χ3v) is 3.37. The number of nitro benzene ring substituents is 1. The number of nitro groups is 1. The Bertz CT molecular complexity index is 763. The van der Waals surface area contributed by atoms with E-state index in [4.69, 9.17) is 10.9 Å². The summed E-state index contributed by atoms with van der Waals surface area (Å²) in [6, 6.07) is 10.2. The molecule has 0 aromatic heterocycles. The summed E-state index contributed by atoms with van der Waals surface area (Å²) in [5.74, 6) is -0.189. The summed E-state index contributed by atoms with van der Waals surface area (Å²) >= 11 is 0. The molecule has 0 aliphatic carbocycles. The number of para-hydroxylation sites is 1. The van der Waals surface area contributed by atoms with Gasteiger partial charge in [0.2, 0.25) is 0 Å². The fourth-order valence-corrected chi connectivity index (χ4v) is 2.16. The molecular weight excluding hydrogens is 316 g/mol. The Labute approximate surface area is 137 Å². The molecule has 2 aromatic rings. The van der Waals surface area contributed by atoms with Crippen molar-refractivity contribution in [3.05, 3.63) is 63.3 Å². The van der Waals surface area contributed by atoms with Crippen LogP contribution in [0.25, 0.3) is 0 Å². The average Bonchev–Trinajstić information content (AvgIpc) is 2.55. The minimum Gasteiger partial charge on any atom is -0.595 e. The monoisotopic (exact) mass is 332 g/mol. The first-order chi connectivity index (χ1) is 11.4. The SMILES string of the molecule is Nc1ccccc1C(=O)CCNc1ccc([NH+]([O-])O)cc1[N+](=O)[O-]. The maximum Gasteiger partial charge on any atom is 0.298 e. The lowest BCUT2D eigenvalue weighted by Gasteiger charge is -2.13. The van der Waals surface area contributed by atoms with Crippen LogP contribution in [0.2, 0.25) is 0 Å². The minimum atomic E-state index is -1.25. The molecule has 0 aliphatic heterocycles. The molecule has 1 atom stereocenters. The molecule has 0 spiro atoms. The van der Waals surface area contributed by atoms with E-state index >= 15 is 0 Å². The quantitative estimate of drug-likeness (QED) is 0.258. The lowest BCUT2D eigenvalue weighted by molar-refractivity contribution is -0.991. The molecule has 0 saturated heterocycles. The zero-order valence-electron chi connectivity index (χ0n) is 12.6. The first-order valence-electron chi connectivity index (χ1n) is 7.03. The molecule has 1 unspecified atom stereocenters. The van der Waals surface area contributed by atoms with Gasteiger partial charge in [-0.25, -0.2) is 5.21 Å².